The van der Waals surface area contributed by atoms with E-state index in [4.69, 9.17) is 4.74 Å². The lowest BCUT2D eigenvalue weighted by Crippen LogP contribution is -2.51. The van der Waals surface area contributed by atoms with Crippen molar-refractivity contribution < 1.29 is 9.53 Å². The molecule has 2 aliphatic rings. The number of aryl methyl sites for hydroxylation is 1. The molecular formula is C14H19NO2S2. The van der Waals surface area contributed by atoms with E-state index in [9.17, 15) is 4.79 Å². The first-order chi connectivity index (χ1) is 9.16. The van der Waals surface area contributed by atoms with Crippen molar-refractivity contribution in [3.8, 4) is 0 Å². The van der Waals surface area contributed by atoms with Gasteiger partial charge in [0.15, 0.2) is 0 Å². The zero-order valence-electron chi connectivity index (χ0n) is 11.3. The molecule has 5 heteroatoms. The van der Waals surface area contributed by atoms with E-state index < -0.39 is 0 Å². The lowest BCUT2D eigenvalue weighted by atomic mass is 10.1. The predicted molar refractivity (Wildman–Crippen MR) is 79.8 cm³/mol. The van der Waals surface area contributed by atoms with Gasteiger partial charge in [0.05, 0.1) is 18.8 Å². The lowest BCUT2D eigenvalue weighted by Gasteiger charge is -2.39. The fourth-order valence-corrected chi connectivity index (χ4v) is 5.07. The molecule has 3 unspecified atom stereocenters. The Bertz CT molecular complexity index is 474. The summed E-state index contributed by atoms with van der Waals surface area (Å²) in [6, 6.07) is 2.32. The molecule has 3 atom stereocenters. The quantitative estimate of drug-likeness (QED) is 0.798. The summed E-state index contributed by atoms with van der Waals surface area (Å²) >= 11 is 3.58. The van der Waals surface area contributed by atoms with Gasteiger partial charge in [0.2, 0.25) is 5.91 Å². The van der Waals surface area contributed by atoms with Crippen molar-refractivity contribution in [1.29, 1.82) is 0 Å². The van der Waals surface area contributed by atoms with E-state index >= 15 is 0 Å². The Morgan fingerprint density at radius 1 is 1.47 bits per heavy atom. The molecule has 0 bridgehead atoms. The number of rotatable bonds is 1. The minimum Gasteiger partial charge on any atom is -0.375 e. The second-order valence-electron chi connectivity index (χ2n) is 5.28. The number of fused-ring (bicyclic) bond motifs is 1. The molecule has 1 saturated heterocycles. The van der Waals surface area contributed by atoms with Crippen LogP contribution in [0.5, 0.6) is 0 Å². The SMILES string of the molecule is CC1CN(C(=O)C2SCCc3sccc32)C(C)CO1. The van der Waals surface area contributed by atoms with Crippen molar-refractivity contribution in [1.82, 2.24) is 4.90 Å². The smallest absolute Gasteiger partial charge is 0.240 e. The second kappa shape index (κ2) is 5.46. The molecule has 3 nitrogen and oxygen atoms in total. The van der Waals surface area contributed by atoms with Crippen molar-refractivity contribution in [2.75, 3.05) is 18.9 Å². The average molecular weight is 297 g/mol. The van der Waals surface area contributed by atoms with Crippen LogP contribution in [-0.2, 0) is 16.0 Å². The van der Waals surface area contributed by atoms with Crippen molar-refractivity contribution in [3.05, 3.63) is 21.9 Å². The zero-order chi connectivity index (χ0) is 13.4. The second-order valence-corrected chi connectivity index (χ2v) is 7.50. The fraction of sp³-hybridized carbons (Fsp3) is 0.643. The molecule has 1 fully saturated rings. The van der Waals surface area contributed by atoms with Crippen molar-refractivity contribution in [2.24, 2.45) is 0 Å². The zero-order valence-corrected chi connectivity index (χ0v) is 12.9. The number of thioether (sulfide) groups is 1. The van der Waals surface area contributed by atoms with Crippen molar-refractivity contribution >= 4 is 29.0 Å². The van der Waals surface area contributed by atoms with Gasteiger partial charge in [0.1, 0.15) is 5.25 Å². The Labute approximate surface area is 122 Å². The number of carbonyl (C=O) groups excluding carboxylic acids is 1. The van der Waals surface area contributed by atoms with Crippen LogP contribution in [0.1, 0.15) is 29.5 Å². The molecule has 1 aromatic heterocycles. The maximum Gasteiger partial charge on any atom is 0.240 e. The monoisotopic (exact) mass is 297 g/mol. The largest absolute Gasteiger partial charge is 0.375 e. The predicted octanol–water partition coefficient (Wildman–Crippen LogP) is 2.71. The molecule has 0 radical (unpaired) electrons. The topological polar surface area (TPSA) is 29.5 Å². The van der Waals surface area contributed by atoms with Gasteiger partial charge in [-0.2, -0.15) is 0 Å². The standard InChI is InChI=1S/C14H19NO2S2/c1-9-8-17-10(2)7-15(9)14(16)13-11-3-5-18-12(11)4-6-19-13/h3,5,9-10,13H,4,6-8H2,1-2H3. The highest BCUT2D eigenvalue weighted by molar-refractivity contribution is 8.00. The van der Waals surface area contributed by atoms with Gasteiger partial charge in [0.25, 0.3) is 0 Å². The molecule has 1 amide bonds. The number of hydrogen-bond donors (Lipinski definition) is 0. The van der Waals surface area contributed by atoms with Gasteiger partial charge in [-0.25, -0.2) is 0 Å². The number of ether oxygens (including phenoxy) is 1. The fourth-order valence-electron chi connectivity index (χ4n) is 2.71. The summed E-state index contributed by atoms with van der Waals surface area (Å²) in [6.45, 7) is 5.49. The van der Waals surface area contributed by atoms with E-state index in [1.54, 1.807) is 23.1 Å². The van der Waals surface area contributed by atoms with Gasteiger partial charge in [-0.3, -0.25) is 4.79 Å². The number of morpholine rings is 1. The Morgan fingerprint density at radius 3 is 3.16 bits per heavy atom. The van der Waals surface area contributed by atoms with Crippen LogP contribution in [0, 0.1) is 0 Å². The highest BCUT2D eigenvalue weighted by atomic mass is 32.2. The first kappa shape index (κ1) is 13.5. The van der Waals surface area contributed by atoms with Gasteiger partial charge in [0, 0.05) is 11.4 Å². The van der Waals surface area contributed by atoms with Crippen LogP contribution in [-0.4, -0.2) is 41.9 Å². The Hall–Kier alpha value is -0.520. The third kappa shape index (κ3) is 2.56. The minimum absolute atomic E-state index is 0.00255. The van der Waals surface area contributed by atoms with Crippen molar-refractivity contribution in [3.63, 3.8) is 0 Å². The van der Waals surface area contributed by atoms with Crippen LogP contribution in [0.25, 0.3) is 0 Å². The molecule has 0 N–H and O–H groups in total. The Morgan fingerprint density at radius 2 is 2.32 bits per heavy atom. The maximum absolute atomic E-state index is 12.8. The molecular weight excluding hydrogens is 278 g/mol. The first-order valence-corrected chi connectivity index (χ1v) is 8.69. The summed E-state index contributed by atoms with van der Waals surface area (Å²) < 4.78 is 5.61. The van der Waals surface area contributed by atoms with Gasteiger partial charge in [-0.1, -0.05) is 0 Å². The molecule has 0 aromatic carbocycles. The number of amides is 1. The first-order valence-electron chi connectivity index (χ1n) is 6.76. The van der Waals surface area contributed by atoms with Gasteiger partial charge < -0.3 is 9.64 Å². The van der Waals surface area contributed by atoms with Crippen LogP contribution in [0.2, 0.25) is 0 Å². The summed E-state index contributed by atoms with van der Waals surface area (Å²) in [5, 5.41) is 2.12. The van der Waals surface area contributed by atoms with E-state index in [2.05, 4.69) is 18.4 Å². The number of carbonyl (C=O) groups is 1. The average Bonchev–Trinajstić information content (AvgIpc) is 2.89. The van der Waals surface area contributed by atoms with Gasteiger partial charge in [-0.15, -0.1) is 23.1 Å². The minimum atomic E-state index is 0.00255. The highest BCUT2D eigenvalue weighted by Gasteiger charge is 2.35. The molecule has 0 spiro atoms. The molecule has 0 aliphatic carbocycles. The summed E-state index contributed by atoms with van der Waals surface area (Å²) in [5.41, 5.74) is 1.25. The molecule has 0 saturated carbocycles. The molecule has 104 valence electrons. The van der Waals surface area contributed by atoms with Crippen LogP contribution in [0.3, 0.4) is 0 Å². The van der Waals surface area contributed by atoms with Crippen LogP contribution in [0.15, 0.2) is 11.4 Å². The summed E-state index contributed by atoms with van der Waals surface area (Å²) in [7, 11) is 0. The molecule has 19 heavy (non-hydrogen) atoms. The van der Waals surface area contributed by atoms with Crippen molar-refractivity contribution in [2.45, 2.75) is 37.7 Å². The maximum atomic E-state index is 12.8. The van der Waals surface area contributed by atoms with E-state index in [-0.39, 0.29) is 23.3 Å². The van der Waals surface area contributed by atoms with E-state index in [1.807, 2.05) is 11.8 Å². The van der Waals surface area contributed by atoms with E-state index in [1.165, 1.54) is 10.4 Å². The summed E-state index contributed by atoms with van der Waals surface area (Å²) in [4.78, 5) is 16.2. The number of hydrogen-bond acceptors (Lipinski definition) is 4. The molecule has 3 heterocycles. The molecule has 1 aromatic rings. The van der Waals surface area contributed by atoms with Crippen LogP contribution >= 0.6 is 23.1 Å². The molecule has 2 aliphatic heterocycles. The number of nitrogens with zero attached hydrogens (tertiary/aromatic N) is 1. The third-order valence-corrected chi connectivity index (χ3v) is 6.02. The van der Waals surface area contributed by atoms with E-state index in [0.717, 1.165) is 18.7 Å². The highest BCUT2D eigenvalue weighted by Crippen LogP contribution is 2.41. The van der Waals surface area contributed by atoms with Gasteiger partial charge in [-0.05, 0) is 43.0 Å². The summed E-state index contributed by atoms with van der Waals surface area (Å²) in [6.07, 6.45) is 1.26. The number of thiophene rings is 1. The van der Waals surface area contributed by atoms with Gasteiger partial charge >= 0.3 is 0 Å². The van der Waals surface area contributed by atoms with Crippen LogP contribution in [0.4, 0.5) is 0 Å². The normalized spacial score (nSPS) is 31.1. The van der Waals surface area contributed by atoms with Crippen LogP contribution < -0.4 is 0 Å². The lowest BCUT2D eigenvalue weighted by molar-refractivity contribution is -0.142. The molecule has 3 rings (SSSR count). The summed E-state index contributed by atoms with van der Waals surface area (Å²) in [5.74, 6) is 1.32. The Balaban J connectivity index is 1.81. The van der Waals surface area contributed by atoms with E-state index in [0.29, 0.717) is 6.61 Å². The Kier molecular flexibility index (Phi) is 3.87. The third-order valence-electron chi connectivity index (χ3n) is 3.79.